The van der Waals surface area contributed by atoms with Crippen LogP contribution in [0.4, 0.5) is 5.95 Å². The van der Waals surface area contributed by atoms with Crippen LogP contribution < -0.4 is 4.90 Å². The molecule has 1 aliphatic carbocycles. The predicted octanol–water partition coefficient (Wildman–Crippen LogP) is 0.781. The molecule has 3 fully saturated rings. The summed E-state index contributed by atoms with van der Waals surface area (Å²) >= 11 is 0. The highest BCUT2D eigenvalue weighted by Gasteiger charge is 2.47. The van der Waals surface area contributed by atoms with Crippen LogP contribution in [0.3, 0.4) is 0 Å². The molecule has 0 aromatic carbocycles. The first-order chi connectivity index (χ1) is 9.31. The first kappa shape index (κ1) is 11.2. The monoisotopic (exact) mass is 258 g/mol. The lowest BCUT2D eigenvalue weighted by molar-refractivity contribution is -0.130. The summed E-state index contributed by atoms with van der Waals surface area (Å²) in [6.07, 6.45) is 6.14. The lowest BCUT2D eigenvalue weighted by atomic mass is 10.0. The van der Waals surface area contributed by atoms with Gasteiger partial charge in [-0.2, -0.15) is 0 Å². The molecule has 0 unspecified atom stereocenters. The molecule has 0 N–H and O–H groups in total. The van der Waals surface area contributed by atoms with E-state index in [9.17, 15) is 4.79 Å². The van der Waals surface area contributed by atoms with Crippen molar-refractivity contribution in [3.63, 3.8) is 0 Å². The number of rotatable bonds is 3. The molecule has 1 amide bonds. The van der Waals surface area contributed by atoms with Crippen molar-refractivity contribution in [2.75, 3.05) is 31.1 Å². The van der Waals surface area contributed by atoms with Gasteiger partial charge in [0, 0.05) is 44.5 Å². The van der Waals surface area contributed by atoms with E-state index in [4.69, 9.17) is 0 Å². The molecule has 2 saturated heterocycles. The van der Waals surface area contributed by atoms with Crippen LogP contribution in [0.2, 0.25) is 0 Å². The number of likely N-dealkylation sites (tertiary alicyclic amines) is 1. The van der Waals surface area contributed by atoms with Crippen molar-refractivity contribution < 1.29 is 4.79 Å². The van der Waals surface area contributed by atoms with E-state index in [0.717, 1.165) is 38.0 Å². The Morgan fingerprint density at radius 3 is 2.63 bits per heavy atom. The van der Waals surface area contributed by atoms with Gasteiger partial charge in [-0.3, -0.25) is 4.79 Å². The third-order valence-electron chi connectivity index (χ3n) is 4.54. The number of hydrogen-bond acceptors (Lipinski definition) is 4. The van der Waals surface area contributed by atoms with Crippen LogP contribution >= 0.6 is 0 Å². The molecular formula is C14H18N4O. The number of nitrogens with zero attached hydrogens (tertiary/aromatic N) is 4. The van der Waals surface area contributed by atoms with Crippen LogP contribution in [0.5, 0.6) is 0 Å². The summed E-state index contributed by atoms with van der Waals surface area (Å²) in [7, 11) is 0. The minimum absolute atomic E-state index is 0.169. The first-order valence-electron chi connectivity index (χ1n) is 7.12. The molecule has 3 aliphatic rings. The highest BCUT2D eigenvalue weighted by molar-refractivity contribution is 5.83. The quantitative estimate of drug-likeness (QED) is 0.804. The van der Waals surface area contributed by atoms with Gasteiger partial charge in [-0.1, -0.05) is 0 Å². The maximum Gasteiger partial charge on any atom is 0.227 e. The summed E-state index contributed by atoms with van der Waals surface area (Å²) in [6, 6.07) is 1.82. The topological polar surface area (TPSA) is 49.3 Å². The lowest BCUT2D eigenvalue weighted by Crippen LogP contribution is -2.34. The third kappa shape index (κ3) is 1.97. The Morgan fingerprint density at radius 1 is 1.16 bits per heavy atom. The van der Waals surface area contributed by atoms with Gasteiger partial charge < -0.3 is 9.80 Å². The molecule has 5 heteroatoms. The lowest BCUT2D eigenvalue weighted by Gasteiger charge is -2.21. The van der Waals surface area contributed by atoms with Crippen LogP contribution in [0.15, 0.2) is 18.5 Å². The third-order valence-corrected chi connectivity index (χ3v) is 4.54. The largest absolute Gasteiger partial charge is 0.342 e. The second-order valence-electron chi connectivity index (χ2n) is 6.01. The Morgan fingerprint density at radius 2 is 1.95 bits per heavy atom. The summed E-state index contributed by atoms with van der Waals surface area (Å²) in [5.74, 6) is 2.54. The van der Waals surface area contributed by atoms with E-state index < -0.39 is 0 Å². The van der Waals surface area contributed by atoms with Crippen molar-refractivity contribution >= 4 is 11.9 Å². The van der Waals surface area contributed by atoms with Crippen molar-refractivity contribution in [1.29, 1.82) is 0 Å². The predicted molar refractivity (Wildman–Crippen MR) is 70.5 cm³/mol. The number of amides is 1. The fourth-order valence-corrected chi connectivity index (χ4v) is 3.34. The molecule has 1 saturated carbocycles. The van der Waals surface area contributed by atoms with Gasteiger partial charge in [-0.15, -0.1) is 0 Å². The van der Waals surface area contributed by atoms with E-state index in [0.29, 0.717) is 11.8 Å². The molecule has 1 aromatic heterocycles. The van der Waals surface area contributed by atoms with Gasteiger partial charge >= 0.3 is 0 Å². The number of fused-ring (bicyclic) bond motifs is 1. The number of carbonyl (C=O) groups excluding carboxylic acids is 1. The minimum atomic E-state index is 0.169. The van der Waals surface area contributed by atoms with E-state index in [1.54, 1.807) is 12.4 Å². The van der Waals surface area contributed by atoms with Gasteiger partial charge in [-0.25, -0.2) is 9.97 Å². The van der Waals surface area contributed by atoms with Crippen molar-refractivity contribution in [2.24, 2.45) is 17.8 Å². The Hall–Kier alpha value is -1.65. The highest BCUT2D eigenvalue weighted by Crippen LogP contribution is 2.37. The molecule has 3 heterocycles. The number of carbonyl (C=O) groups is 1. The van der Waals surface area contributed by atoms with E-state index >= 15 is 0 Å². The number of aromatic nitrogens is 2. The molecule has 2 atom stereocenters. The van der Waals surface area contributed by atoms with Gasteiger partial charge in [0.05, 0.1) is 5.92 Å². The zero-order valence-corrected chi connectivity index (χ0v) is 10.9. The Labute approximate surface area is 112 Å². The highest BCUT2D eigenvalue weighted by atomic mass is 16.2. The maximum atomic E-state index is 12.4. The van der Waals surface area contributed by atoms with Gasteiger partial charge in [-0.05, 0) is 24.8 Å². The minimum Gasteiger partial charge on any atom is -0.342 e. The van der Waals surface area contributed by atoms with Crippen LogP contribution in [-0.2, 0) is 4.79 Å². The Bertz CT molecular complexity index is 487. The van der Waals surface area contributed by atoms with E-state index in [-0.39, 0.29) is 5.92 Å². The van der Waals surface area contributed by atoms with Gasteiger partial charge in [0.25, 0.3) is 0 Å². The second-order valence-corrected chi connectivity index (χ2v) is 6.01. The molecule has 5 nitrogen and oxygen atoms in total. The SMILES string of the molecule is O=C1[C@@H]2CN(c3ncccn3)C[C@@H]2CN1CC1CC1. The summed E-state index contributed by atoms with van der Waals surface area (Å²) in [4.78, 5) is 25.2. The summed E-state index contributed by atoms with van der Waals surface area (Å²) in [5, 5.41) is 0. The molecule has 0 bridgehead atoms. The molecular weight excluding hydrogens is 240 g/mol. The van der Waals surface area contributed by atoms with Crippen LogP contribution in [0.1, 0.15) is 12.8 Å². The Kier molecular flexibility index (Phi) is 2.47. The molecule has 0 spiro atoms. The van der Waals surface area contributed by atoms with Gasteiger partial charge in [0.2, 0.25) is 11.9 Å². The average molecular weight is 258 g/mol. The summed E-state index contributed by atoms with van der Waals surface area (Å²) in [5.41, 5.74) is 0. The van der Waals surface area contributed by atoms with Crippen LogP contribution in [0, 0.1) is 17.8 Å². The first-order valence-corrected chi connectivity index (χ1v) is 7.12. The standard InChI is InChI=1S/C14H18N4O/c19-13-12-9-18(14-15-4-1-5-16-14)8-11(12)7-17(13)6-10-2-3-10/h1,4-5,10-12H,2-3,6-9H2/t11-,12+/m0/s1. The van der Waals surface area contributed by atoms with Gasteiger partial charge in [0.1, 0.15) is 0 Å². The van der Waals surface area contributed by atoms with Crippen molar-refractivity contribution in [3.8, 4) is 0 Å². The van der Waals surface area contributed by atoms with Crippen molar-refractivity contribution in [3.05, 3.63) is 18.5 Å². The smallest absolute Gasteiger partial charge is 0.227 e. The van der Waals surface area contributed by atoms with E-state index in [1.165, 1.54) is 12.8 Å². The summed E-state index contributed by atoms with van der Waals surface area (Å²) < 4.78 is 0. The fraction of sp³-hybridized carbons (Fsp3) is 0.643. The van der Waals surface area contributed by atoms with Crippen LogP contribution in [0.25, 0.3) is 0 Å². The molecule has 0 radical (unpaired) electrons. The zero-order valence-electron chi connectivity index (χ0n) is 10.9. The summed E-state index contributed by atoms with van der Waals surface area (Å²) in [6.45, 7) is 3.63. The normalized spacial score (nSPS) is 30.0. The van der Waals surface area contributed by atoms with E-state index in [2.05, 4.69) is 19.8 Å². The van der Waals surface area contributed by atoms with Crippen molar-refractivity contribution in [1.82, 2.24) is 14.9 Å². The molecule has 19 heavy (non-hydrogen) atoms. The zero-order chi connectivity index (χ0) is 12.8. The fourth-order valence-electron chi connectivity index (χ4n) is 3.34. The molecule has 2 aliphatic heterocycles. The molecule has 4 rings (SSSR count). The number of hydrogen-bond donors (Lipinski definition) is 0. The Balaban J connectivity index is 1.45. The van der Waals surface area contributed by atoms with Crippen LogP contribution in [-0.4, -0.2) is 47.0 Å². The molecule has 1 aromatic rings. The van der Waals surface area contributed by atoms with Crippen molar-refractivity contribution in [2.45, 2.75) is 12.8 Å². The van der Waals surface area contributed by atoms with Gasteiger partial charge in [0.15, 0.2) is 0 Å². The van der Waals surface area contributed by atoms with E-state index in [1.807, 2.05) is 6.07 Å². The second kappa shape index (κ2) is 4.18. The maximum absolute atomic E-state index is 12.4. The average Bonchev–Trinajstić information content (AvgIpc) is 3.08. The molecule has 100 valence electrons. The number of anilines is 1.